The molecular weight excluding hydrogens is 1270 g/mol. The van der Waals surface area contributed by atoms with Crippen molar-refractivity contribution < 1.29 is 17.4 Å². The fraction of sp³-hybridized carbons (Fsp3) is 0.125. The average molecular weight is 1350 g/mol. The predicted octanol–water partition coefficient (Wildman–Crippen LogP) is 26.7. The molecule has 0 nitrogen and oxygen atoms in total. The predicted molar refractivity (Wildman–Crippen MR) is 425 cm³/mol. The number of fused-ring (bicyclic) bond motifs is 10. The van der Waals surface area contributed by atoms with Gasteiger partial charge in [-0.25, -0.2) is 0 Å². The van der Waals surface area contributed by atoms with Gasteiger partial charge in [-0.2, -0.15) is 0 Å². The van der Waals surface area contributed by atoms with Gasteiger partial charge in [0, 0.05) is 0 Å². The van der Waals surface area contributed by atoms with Gasteiger partial charge in [0.1, 0.15) is 0 Å². The maximum atomic E-state index is 2.96. The van der Waals surface area contributed by atoms with Crippen LogP contribution < -0.4 is 0 Å². The van der Waals surface area contributed by atoms with Crippen LogP contribution in [0.5, 0.6) is 0 Å². The van der Waals surface area contributed by atoms with Crippen LogP contribution in [-0.4, -0.2) is 6.88 Å². The Morgan fingerprint density at radius 2 is 0.510 bits per heavy atom. The molecule has 2 aliphatic carbocycles. The summed E-state index contributed by atoms with van der Waals surface area (Å²) in [5.74, 6) is 0.600. The van der Waals surface area contributed by atoms with E-state index >= 15 is 0 Å². The third-order valence-corrected chi connectivity index (χ3v) is 40.5. The van der Waals surface area contributed by atoms with Gasteiger partial charge in [-0.1, -0.05) is 0 Å². The van der Waals surface area contributed by atoms with Crippen LogP contribution in [0.25, 0.3) is 143 Å². The third-order valence-electron chi connectivity index (χ3n) is 23.1. The van der Waals surface area contributed by atoms with Crippen molar-refractivity contribution in [3.05, 3.63) is 348 Å². The zero-order valence-corrected chi connectivity index (χ0v) is 60.2. The molecule has 4 unspecified atom stereocenters. The van der Waals surface area contributed by atoms with E-state index in [1.165, 1.54) is 164 Å². The molecule has 0 spiro atoms. The Morgan fingerprint density at radius 1 is 0.286 bits per heavy atom. The molecular formula is C96H78SiZr. The molecule has 2 heteroatoms. The minimum absolute atomic E-state index is 0.103. The first kappa shape index (κ1) is 60.6. The van der Waals surface area contributed by atoms with Gasteiger partial charge in [0.05, 0.1) is 0 Å². The standard InChI is InChI=1S/2C47H35.2CH3.H2Si.Zr/c2*1-2-32(33-14-4-3-5-15-33)26-31-27-44-42(46-38-20-10-6-16-34(38)29-35-17-7-11-21-39(35)46)24-25-43(45(44)28-31)47-40-22-12-8-18-36(40)30-37-19-9-13-23-41(37)47;;;;/h2*3-25,27-30,32H,2,26H2,1H3;2*1H3;1H2;. The Morgan fingerprint density at radius 3 is 0.765 bits per heavy atom. The van der Waals surface area contributed by atoms with Crippen LogP contribution in [-0.2, 0) is 17.4 Å². The van der Waals surface area contributed by atoms with Gasteiger partial charge in [-0.05, 0) is 0 Å². The van der Waals surface area contributed by atoms with Crippen LogP contribution in [0.4, 0.5) is 0 Å². The van der Waals surface area contributed by atoms with Crippen molar-refractivity contribution in [2.24, 2.45) is 0 Å². The molecule has 0 amide bonds. The van der Waals surface area contributed by atoms with Crippen molar-refractivity contribution >= 4 is 105 Å². The van der Waals surface area contributed by atoms with Crippen LogP contribution in [0.15, 0.2) is 314 Å². The SMILES string of the molecule is CCC(CC1=Cc2c(-c3c4ccccc4cc4ccccc34)ccc(-c3c4ccccc4cc4ccccc34)c2[CH]1[Zr]([CH3])([CH3])(=[SiH2])[CH]1C(CC(CC)c2ccccc2)=Cc2c(-c3c4ccccc4cc4ccccc34)ccc(-c3c4ccccc4cc4ccccc34)c21)c1ccccc1. The molecule has 2 aliphatic rings. The summed E-state index contributed by atoms with van der Waals surface area (Å²) in [6.07, 6.45) is 9.61. The molecule has 470 valence electrons. The summed E-state index contributed by atoms with van der Waals surface area (Å²) in [5.41, 5.74) is 22.6. The Hall–Kier alpha value is -9.82. The molecule has 0 aliphatic heterocycles. The molecule has 0 heterocycles. The van der Waals surface area contributed by atoms with Crippen LogP contribution in [0.2, 0.25) is 9.26 Å². The van der Waals surface area contributed by atoms with E-state index in [1.54, 1.807) is 11.1 Å². The molecule has 0 saturated carbocycles. The van der Waals surface area contributed by atoms with E-state index in [1.807, 2.05) is 0 Å². The van der Waals surface area contributed by atoms with Crippen molar-refractivity contribution in [1.82, 2.24) is 0 Å². The van der Waals surface area contributed by atoms with E-state index in [0.717, 1.165) is 25.7 Å². The van der Waals surface area contributed by atoms with Crippen LogP contribution in [0, 0.1) is 0 Å². The first-order chi connectivity index (χ1) is 48.1. The van der Waals surface area contributed by atoms with Gasteiger partial charge in [0.15, 0.2) is 0 Å². The van der Waals surface area contributed by atoms with E-state index in [9.17, 15) is 0 Å². The Balaban J connectivity index is 1.01. The fourth-order valence-electron chi connectivity index (χ4n) is 18.9. The van der Waals surface area contributed by atoms with Crippen molar-refractivity contribution in [3.63, 3.8) is 0 Å². The van der Waals surface area contributed by atoms with Gasteiger partial charge in [0.25, 0.3) is 0 Å². The van der Waals surface area contributed by atoms with Crippen LogP contribution in [0.3, 0.4) is 0 Å². The van der Waals surface area contributed by atoms with Crippen molar-refractivity contribution in [2.45, 2.75) is 67.9 Å². The quantitative estimate of drug-likeness (QED) is 0.0752. The summed E-state index contributed by atoms with van der Waals surface area (Å²) in [6, 6.07) is 117. The van der Waals surface area contributed by atoms with Gasteiger partial charge >= 0.3 is 583 Å². The number of allylic oxidation sites excluding steroid dienone is 2. The molecule has 16 aromatic carbocycles. The van der Waals surface area contributed by atoms with Crippen LogP contribution >= 0.6 is 0 Å². The molecule has 16 aromatic rings. The summed E-state index contributed by atoms with van der Waals surface area (Å²) >= 11 is -5.08. The number of benzene rings is 16. The number of hydrogen-bond donors (Lipinski definition) is 0. The van der Waals surface area contributed by atoms with E-state index in [4.69, 9.17) is 0 Å². The molecule has 0 radical (unpaired) electrons. The second-order valence-electron chi connectivity index (χ2n) is 29.4. The maximum absolute atomic E-state index is 5.08. The van der Waals surface area contributed by atoms with E-state index in [0.29, 0.717) is 11.8 Å². The second kappa shape index (κ2) is 24.0. The molecule has 4 atom stereocenters. The molecule has 0 bridgehead atoms. The fourth-order valence-corrected chi connectivity index (χ4v) is 38.4. The summed E-state index contributed by atoms with van der Waals surface area (Å²) in [5, 5.41) is 20.6. The zero-order chi connectivity index (χ0) is 65.8. The molecule has 0 saturated heterocycles. The summed E-state index contributed by atoms with van der Waals surface area (Å²) in [7, 11) is 0. The van der Waals surface area contributed by atoms with Gasteiger partial charge in [0.2, 0.25) is 0 Å². The summed E-state index contributed by atoms with van der Waals surface area (Å²) in [6.45, 7) is 7.45. The van der Waals surface area contributed by atoms with Gasteiger partial charge < -0.3 is 0 Å². The Labute approximate surface area is 578 Å². The van der Waals surface area contributed by atoms with E-state index in [-0.39, 0.29) is 7.25 Å². The molecule has 98 heavy (non-hydrogen) atoms. The number of rotatable bonds is 14. The van der Waals surface area contributed by atoms with Crippen molar-refractivity contribution in [1.29, 1.82) is 0 Å². The van der Waals surface area contributed by atoms with E-state index < -0.39 is 17.4 Å². The monoisotopic (exact) mass is 1350 g/mol. The molecule has 0 N–H and O–H groups in total. The van der Waals surface area contributed by atoms with Crippen LogP contribution in [0.1, 0.15) is 92.0 Å². The van der Waals surface area contributed by atoms with Gasteiger partial charge in [-0.3, -0.25) is 0 Å². The molecule has 0 aromatic heterocycles. The van der Waals surface area contributed by atoms with Crippen molar-refractivity contribution in [3.8, 4) is 44.5 Å². The van der Waals surface area contributed by atoms with Gasteiger partial charge in [-0.15, -0.1) is 0 Å². The molecule has 18 rings (SSSR count). The van der Waals surface area contributed by atoms with E-state index in [2.05, 4.69) is 345 Å². The summed E-state index contributed by atoms with van der Waals surface area (Å²) < 4.78 is 6.13. The molecule has 0 fully saturated rings. The zero-order valence-electron chi connectivity index (χ0n) is 56.4. The topological polar surface area (TPSA) is 0 Å². The third kappa shape index (κ3) is 9.83. The first-order valence-electron chi connectivity index (χ1n) is 35.6. The minimum atomic E-state index is -5.08. The first-order valence-corrected chi connectivity index (χ1v) is 49.3. The number of hydrogen-bond acceptors (Lipinski definition) is 0. The summed E-state index contributed by atoms with van der Waals surface area (Å²) in [4.78, 5) is 0. The normalized spacial score (nSPS) is 15.4. The Bertz CT molecular complexity index is 5500. The van der Waals surface area contributed by atoms with Crippen molar-refractivity contribution in [2.75, 3.05) is 0 Å². The Kier molecular flexibility index (Phi) is 14.8. The average Bonchev–Trinajstić information content (AvgIpc) is 1.54. The second-order valence-corrected chi connectivity index (χ2v) is 59.9.